The quantitative estimate of drug-likeness (QED) is 0.822. The fraction of sp³-hybridized carbons (Fsp3) is 0.579. The molecule has 0 bridgehead atoms. The van der Waals surface area contributed by atoms with E-state index >= 15 is 0 Å². The molecule has 0 saturated heterocycles. The van der Waals surface area contributed by atoms with Gasteiger partial charge in [-0.25, -0.2) is 0 Å². The first-order valence-electron chi connectivity index (χ1n) is 8.79. The predicted octanol–water partition coefficient (Wildman–Crippen LogP) is 2.50. The van der Waals surface area contributed by atoms with Gasteiger partial charge >= 0.3 is 0 Å². The maximum Gasteiger partial charge on any atom is 0.239 e. The molecule has 0 spiro atoms. The Hall–Kier alpha value is -2.24. The van der Waals surface area contributed by atoms with Crippen LogP contribution in [0.2, 0.25) is 0 Å². The Kier molecular flexibility index (Phi) is 7.10. The van der Waals surface area contributed by atoms with Crippen LogP contribution in [0.25, 0.3) is 0 Å². The van der Waals surface area contributed by atoms with E-state index < -0.39 is 0 Å². The molecule has 0 radical (unpaired) electrons. The topological polar surface area (TPSA) is 67.9 Å². The number of hydrogen-bond acceptors (Lipinski definition) is 4. The van der Waals surface area contributed by atoms with Crippen LogP contribution in [0, 0.1) is 0 Å². The van der Waals surface area contributed by atoms with Gasteiger partial charge in [-0.15, -0.1) is 0 Å². The number of nitrogens with one attached hydrogen (secondary N) is 1. The van der Waals surface area contributed by atoms with Gasteiger partial charge < -0.3 is 19.7 Å². The van der Waals surface area contributed by atoms with Crippen LogP contribution < -0.4 is 14.8 Å². The largest absolute Gasteiger partial charge is 0.493 e. The Morgan fingerprint density at radius 3 is 2.40 bits per heavy atom. The zero-order valence-corrected chi connectivity index (χ0v) is 15.3. The first-order chi connectivity index (χ1) is 12.0. The van der Waals surface area contributed by atoms with E-state index in [0.717, 1.165) is 31.2 Å². The molecule has 1 fully saturated rings. The first kappa shape index (κ1) is 19.1. The van der Waals surface area contributed by atoms with Crippen LogP contribution in [0.4, 0.5) is 0 Å². The highest BCUT2D eigenvalue weighted by Gasteiger charge is 2.19. The maximum absolute atomic E-state index is 12.3. The van der Waals surface area contributed by atoms with Gasteiger partial charge in [0.25, 0.3) is 0 Å². The summed E-state index contributed by atoms with van der Waals surface area (Å²) in [5.41, 5.74) is 0.887. The summed E-state index contributed by atoms with van der Waals surface area (Å²) >= 11 is 0. The summed E-state index contributed by atoms with van der Waals surface area (Å²) < 4.78 is 10.5. The van der Waals surface area contributed by atoms with E-state index in [1.54, 1.807) is 25.2 Å². The molecule has 6 nitrogen and oxygen atoms in total. The standard InChI is InChI=1S/C19H28N2O4/c1-14(22)21(13-19(23)20-16-7-5-4-6-8-16)12-15-9-10-17(24-2)18(11-15)25-3/h9-11,16H,4-8,12-13H2,1-3H3,(H,20,23). The zero-order chi connectivity index (χ0) is 18.2. The molecule has 2 amide bonds. The molecule has 1 aromatic rings. The summed E-state index contributed by atoms with van der Waals surface area (Å²) in [6, 6.07) is 5.75. The molecule has 1 saturated carbocycles. The van der Waals surface area contributed by atoms with Gasteiger partial charge in [-0.05, 0) is 30.5 Å². The Morgan fingerprint density at radius 1 is 1.12 bits per heavy atom. The molecule has 25 heavy (non-hydrogen) atoms. The van der Waals surface area contributed by atoms with E-state index in [0.29, 0.717) is 18.0 Å². The monoisotopic (exact) mass is 348 g/mol. The van der Waals surface area contributed by atoms with Gasteiger partial charge in [0.15, 0.2) is 11.5 Å². The minimum atomic E-state index is -0.131. The van der Waals surface area contributed by atoms with Crippen molar-refractivity contribution in [1.29, 1.82) is 0 Å². The molecule has 2 rings (SSSR count). The van der Waals surface area contributed by atoms with Gasteiger partial charge in [0.05, 0.1) is 20.8 Å². The highest BCUT2D eigenvalue weighted by Crippen LogP contribution is 2.28. The summed E-state index contributed by atoms with van der Waals surface area (Å²) in [5.74, 6) is 1.02. The van der Waals surface area contributed by atoms with E-state index in [-0.39, 0.29) is 24.4 Å². The minimum Gasteiger partial charge on any atom is -0.493 e. The number of benzene rings is 1. The lowest BCUT2D eigenvalue weighted by Crippen LogP contribution is -2.43. The van der Waals surface area contributed by atoms with Crippen molar-refractivity contribution in [1.82, 2.24) is 10.2 Å². The number of methoxy groups -OCH3 is 2. The van der Waals surface area contributed by atoms with E-state index in [1.807, 2.05) is 12.1 Å². The summed E-state index contributed by atoms with van der Waals surface area (Å²) in [6.45, 7) is 1.91. The lowest BCUT2D eigenvalue weighted by Gasteiger charge is -2.25. The summed E-state index contributed by atoms with van der Waals surface area (Å²) in [4.78, 5) is 25.8. The van der Waals surface area contributed by atoms with Crippen LogP contribution in [-0.4, -0.2) is 43.5 Å². The van der Waals surface area contributed by atoms with Crippen molar-refractivity contribution in [3.63, 3.8) is 0 Å². The van der Waals surface area contributed by atoms with Gasteiger partial charge in [-0.1, -0.05) is 25.3 Å². The second kappa shape index (κ2) is 9.30. The molecule has 138 valence electrons. The second-order valence-electron chi connectivity index (χ2n) is 6.47. The van der Waals surface area contributed by atoms with Gasteiger partial charge in [-0.3, -0.25) is 9.59 Å². The third-order valence-corrected chi connectivity index (χ3v) is 4.57. The third kappa shape index (κ3) is 5.66. The van der Waals surface area contributed by atoms with Gasteiger partial charge in [-0.2, -0.15) is 0 Å². The molecule has 0 heterocycles. The number of hydrogen-bond donors (Lipinski definition) is 1. The molecule has 1 aromatic carbocycles. The van der Waals surface area contributed by atoms with Crippen LogP contribution >= 0.6 is 0 Å². The van der Waals surface area contributed by atoms with Crippen molar-refractivity contribution in [2.24, 2.45) is 0 Å². The number of carbonyl (C=O) groups is 2. The molecule has 6 heteroatoms. The molecular formula is C19H28N2O4. The van der Waals surface area contributed by atoms with Gasteiger partial charge in [0.1, 0.15) is 0 Å². The molecule has 1 N–H and O–H groups in total. The Labute approximate surface area is 149 Å². The molecule has 0 unspecified atom stereocenters. The summed E-state index contributed by atoms with van der Waals surface area (Å²) in [6.07, 6.45) is 5.62. The first-order valence-corrected chi connectivity index (χ1v) is 8.79. The second-order valence-corrected chi connectivity index (χ2v) is 6.47. The van der Waals surface area contributed by atoms with E-state index in [4.69, 9.17) is 9.47 Å². The van der Waals surface area contributed by atoms with Crippen molar-refractivity contribution in [3.05, 3.63) is 23.8 Å². The number of amides is 2. The minimum absolute atomic E-state index is 0.0696. The molecule has 0 aliphatic heterocycles. The van der Waals surface area contributed by atoms with Crippen molar-refractivity contribution < 1.29 is 19.1 Å². The molecule has 1 aliphatic carbocycles. The van der Waals surface area contributed by atoms with Crippen molar-refractivity contribution in [2.75, 3.05) is 20.8 Å². The number of carbonyl (C=O) groups excluding carboxylic acids is 2. The lowest BCUT2D eigenvalue weighted by atomic mass is 9.95. The Balaban J connectivity index is 1.98. The van der Waals surface area contributed by atoms with Crippen molar-refractivity contribution >= 4 is 11.8 Å². The molecule has 0 atom stereocenters. The SMILES string of the molecule is COc1ccc(CN(CC(=O)NC2CCCCC2)C(C)=O)cc1OC. The molecular weight excluding hydrogens is 320 g/mol. The third-order valence-electron chi connectivity index (χ3n) is 4.57. The van der Waals surface area contributed by atoms with Gasteiger partial charge in [0.2, 0.25) is 11.8 Å². The fourth-order valence-electron chi connectivity index (χ4n) is 3.17. The zero-order valence-electron chi connectivity index (χ0n) is 15.3. The number of ether oxygens (including phenoxy) is 2. The van der Waals surface area contributed by atoms with Crippen LogP contribution in [0.1, 0.15) is 44.6 Å². The highest BCUT2D eigenvalue weighted by atomic mass is 16.5. The van der Waals surface area contributed by atoms with Crippen LogP contribution in [0.3, 0.4) is 0 Å². The van der Waals surface area contributed by atoms with Crippen molar-refractivity contribution in [3.8, 4) is 11.5 Å². The molecule has 0 aromatic heterocycles. The van der Waals surface area contributed by atoms with E-state index in [2.05, 4.69) is 5.32 Å². The highest BCUT2D eigenvalue weighted by molar-refractivity contribution is 5.83. The van der Waals surface area contributed by atoms with Crippen LogP contribution in [0.15, 0.2) is 18.2 Å². The average molecular weight is 348 g/mol. The van der Waals surface area contributed by atoms with Crippen LogP contribution in [0.5, 0.6) is 11.5 Å². The number of nitrogens with zero attached hydrogens (tertiary/aromatic N) is 1. The number of rotatable bonds is 7. The van der Waals surface area contributed by atoms with Crippen molar-refractivity contribution in [2.45, 2.75) is 51.6 Å². The van der Waals surface area contributed by atoms with E-state index in [9.17, 15) is 9.59 Å². The average Bonchev–Trinajstić information content (AvgIpc) is 2.61. The summed E-state index contributed by atoms with van der Waals surface area (Å²) in [7, 11) is 3.15. The summed E-state index contributed by atoms with van der Waals surface area (Å²) in [5, 5.41) is 3.05. The predicted molar refractivity (Wildman–Crippen MR) is 95.7 cm³/mol. The Bertz CT molecular complexity index is 597. The fourth-order valence-corrected chi connectivity index (χ4v) is 3.17. The lowest BCUT2D eigenvalue weighted by molar-refractivity contribution is -0.135. The van der Waals surface area contributed by atoms with Crippen LogP contribution in [-0.2, 0) is 16.1 Å². The normalized spacial score (nSPS) is 14.7. The maximum atomic E-state index is 12.3. The molecule has 1 aliphatic rings. The van der Waals surface area contributed by atoms with Gasteiger partial charge in [0, 0.05) is 19.5 Å². The van der Waals surface area contributed by atoms with E-state index in [1.165, 1.54) is 13.3 Å². The Morgan fingerprint density at radius 2 is 1.80 bits per heavy atom. The smallest absolute Gasteiger partial charge is 0.239 e.